The van der Waals surface area contributed by atoms with Crippen LogP contribution in [-0.2, 0) is 11.3 Å². The number of hydrogen-bond donors (Lipinski definition) is 2. The average Bonchev–Trinajstić information content (AvgIpc) is 3.09. The third-order valence-electron chi connectivity index (χ3n) is 6.77. The third kappa shape index (κ3) is 5.63. The van der Waals surface area contributed by atoms with Crippen molar-refractivity contribution in [3.63, 3.8) is 0 Å². The van der Waals surface area contributed by atoms with E-state index in [0.717, 1.165) is 38.3 Å². The Balaban J connectivity index is 0.00000140. The molecule has 0 spiro atoms. The van der Waals surface area contributed by atoms with E-state index in [1.807, 2.05) is 0 Å². The number of nitrogens with zero attached hydrogens (tertiary/aromatic N) is 1. The van der Waals surface area contributed by atoms with Gasteiger partial charge in [0.25, 0.3) is 0 Å². The number of likely N-dealkylation sites (tertiary alicyclic amines) is 1. The summed E-state index contributed by atoms with van der Waals surface area (Å²) in [5.41, 5.74) is 1.37. The predicted molar refractivity (Wildman–Crippen MR) is 119 cm³/mol. The molecule has 0 aromatic heterocycles. The second-order valence-electron chi connectivity index (χ2n) is 8.64. The molecule has 2 aliphatic heterocycles. The number of piperidine rings is 1. The number of fused-ring (bicyclic) bond motifs is 1. The molecule has 2 N–H and O–H groups in total. The molecule has 1 aliphatic carbocycles. The van der Waals surface area contributed by atoms with Gasteiger partial charge in [0.05, 0.1) is 6.04 Å². The molecule has 1 amide bonds. The van der Waals surface area contributed by atoms with Gasteiger partial charge in [0.1, 0.15) is 0 Å². The summed E-state index contributed by atoms with van der Waals surface area (Å²) in [6.45, 7) is 4.37. The van der Waals surface area contributed by atoms with E-state index in [2.05, 4.69) is 52.8 Å². The van der Waals surface area contributed by atoms with E-state index < -0.39 is 0 Å². The Kier molecular flexibility index (Phi) is 9.07. The number of amides is 1. The molecule has 1 aromatic rings. The van der Waals surface area contributed by atoms with E-state index >= 15 is 0 Å². The molecular weight excluding hydrogens is 393 g/mol. The van der Waals surface area contributed by atoms with E-state index in [4.69, 9.17) is 0 Å². The normalized spacial score (nSPS) is 32.5. The number of carbonyl (C=O) groups is 1. The van der Waals surface area contributed by atoms with Crippen molar-refractivity contribution in [2.75, 3.05) is 6.54 Å². The van der Waals surface area contributed by atoms with E-state index in [-0.39, 0.29) is 36.8 Å². The van der Waals surface area contributed by atoms with Gasteiger partial charge in [-0.15, -0.1) is 24.8 Å². The Bertz CT molecular complexity index is 601. The summed E-state index contributed by atoms with van der Waals surface area (Å²) in [6.07, 6.45) is 8.37. The lowest BCUT2D eigenvalue weighted by Gasteiger charge is -2.38. The molecule has 5 unspecified atom stereocenters. The Morgan fingerprint density at radius 2 is 1.86 bits per heavy atom. The van der Waals surface area contributed by atoms with Gasteiger partial charge in [-0.3, -0.25) is 9.69 Å². The zero-order chi connectivity index (χ0) is 17.9. The van der Waals surface area contributed by atoms with Gasteiger partial charge in [-0.1, -0.05) is 43.2 Å². The van der Waals surface area contributed by atoms with Crippen LogP contribution in [0.2, 0.25) is 0 Å². The minimum atomic E-state index is 0. The molecule has 0 radical (unpaired) electrons. The lowest BCUT2D eigenvalue weighted by atomic mass is 9.85. The first kappa shape index (κ1) is 23.5. The van der Waals surface area contributed by atoms with Gasteiger partial charge in [-0.05, 0) is 50.5 Å². The minimum absolute atomic E-state index is 0. The topological polar surface area (TPSA) is 44.4 Å². The average molecular weight is 428 g/mol. The first-order valence-corrected chi connectivity index (χ1v) is 10.5. The third-order valence-corrected chi connectivity index (χ3v) is 6.77. The molecule has 3 aliphatic rings. The highest BCUT2D eigenvalue weighted by Gasteiger charge is 2.39. The molecule has 6 heteroatoms. The van der Waals surface area contributed by atoms with Crippen LogP contribution >= 0.6 is 24.8 Å². The Morgan fingerprint density at radius 1 is 1.11 bits per heavy atom. The molecule has 3 fully saturated rings. The summed E-state index contributed by atoms with van der Waals surface area (Å²) >= 11 is 0. The van der Waals surface area contributed by atoms with Crippen molar-refractivity contribution >= 4 is 30.7 Å². The lowest BCUT2D eigenvalue weighted by Crippen LogP contribution is -2.52. The number of nitrogens with one attached hydrogen (secondary N) is 2. The second-order valence-corrected chi connectivity index (χ2v) is 8.64. The molecule has 4 rings (SSSR count). The number of hydrogen-bond acceptors (Lipinski definition) is 3. The second kappa shape index (κ2) is 10.8. The standard InChI is InChI=1S/C22H33N3O.2ClH/c1-16-13-19(11-12-25(16)15-17-7-3-2-4-8-17)23-22(26)21-14-18-9-5-6-10-20(18)24-21;;/h2-4,7-8,16,18-21,24H,5-6,9-15H2,1H3,(H,23,26);2*1H. The van der Waals surface area contributed by atoms with Crippen LogP contribution in [0.5, 0.6) is 0 Å². The van der Waals surface area contributed by atoms with Crippen LogP contribution in [0.4, 0.5) is 0 Å². The van der Waals surface area contributed by atoms with Gasteiger partial charge in [0.2, 0.25) is 5.91 Å². The fraction of sp³-hybridized carbons (Fsp3) is 0.682. The fourth-order valence-corrected chi connectivity index (χ4v) is 5.23. The van der Waals surface area contributed by atoms with Crippen molar-refractivity contribution in [3.05, 3.63) is 35.9 Å². The highest BCUT2D eigenvalue weighted by molar-refractivity contribution is 5.85. The highest BCUT2D eigenvalue weighted by atomic mass is 35.5. The van der Waals surface area contributed by atoms with E-state index in [9.17, 15) is 4.79 Å². The van der Waals surface area contributed by atoms with Crippen LogP contribution in [0.15, 0.2) is 30.3 Å². The number of benzene rings is 1. The molecule has 2 saturated heterocycles. The van der Waals surface area contributed by atoms with Crippen LogP contribution in [0.25, 0.3) is 0 Å². The first-order valence-electron chi connectivity index (χ1n) is 10.5. The molecule has 4 nitrogen and oxygen atoms in total. The van der Waals surface area contributed by atoms with Gasteiger partial charge in [-0.2, -0.15) is 0 Å². The van der Waals surface area contributed by atoms with E-state index in [1.165, 1.54) is 31.2 Å². The fourth-order valence-electron chi connectivity index (χ4n) is 5.23. The summed E-state index contributed by atoms with van der Waals surface area (Å²) in [6, 6.07) is 12.2. The van der Waals surface area contributed by atoms with E-state index in [1.54, 1.807) is 0 Å². The molecule has 158 valence electrons. The van der Waals surface area contributed by atoms with Crippen molar-refractivity contribution in [2.45, 2.75) is 82.6 Å². The first-order chi connectivity index (χ1) is 12.7. The largest absolute Gasteiger partial charge is 0.352 e. The van der Waals surface area contributed by atoms with Crippen molar-refractivity contribution in [3.8, 4) is 0 Å². The highest BCUT2D eigenvalue weighted by Crippen LogP contribution is 2.33. The van der Waals surface area contributed by atoms with Crippen LogP contribution < -0.4 is 10.6 Å². The molecule has 1 saturated carbocycles. The van der Waals surface area contributed by atoms with Crippen LogP contribution in [-0.4, -0.2) is 41.5 Å². The van der Waals surface area contributed by atoms with Crippen molar-refractivity contribution < 1.29 is 4.79 Å². The van der Waals surface area contributed by atoms with E-state index in [0.29, 0.717) is 18.1 Å². The Hall–Kier alpha value is -0.810. The quantitative estimate of drug-likeness (QED) is 0.764. The molecule has 0 bridgehead atoms. The number of carbonyl (C=O) groups excluding carboxylic acids is 1. The van der Waals surface area contributed by atoms with Gasteiger partial charge < -0.3 is 10.6 Å². The van der Waals surface area contributed by atoms with Gasteiger partial charge >= 0.3 is 0 Å². The molecule has 1 aromatic carbocycles. The molecule has 28 heavy (non-hydrogen) atoms. The van der Waals surface area contributed by atoms with Gasteiger partial charge in [-0.25, -0.2) is 0 Å². The van der Waals surface area contributed by atoms with Crippen LogP contribution in [0.1, 0.15) is 57.4 Å². The summed E-state index contributed by atoms with van der Waals surface area (Å²) in [4.78, 5) is 15.3. The maximum Gasteiger partial charge on any atom is 0.237 e. The predicted octanol–water partition coefficient (Wildman–Crippen LogP) is 3.92. The summed E-state index contributed by atoms with van der Waals surface area (Å²) < 4.78 is 0. The maximum atomic E-state index is 12.7. The van der Waals surface area contributed by atoms with Gasteiger partial charge in [0.15, 0.2) is 0 Å². The van der Waals surface area contributed by atoms with Crippen molar-refractivity contribution in [1.82, 2.24) is 15.5 Å². The van der Waals surface area contributed by atoms with Gasteiger partial charge in [0, 0.05) is 31.2 Å². The minimum Gasteiger partial charge on any atom is -0.352 e. The Labute approximate surface area is 182 Å². The van der Waals surface area contributed by atoms with Crippen molar-refractivity contribution in [1.29, 1.82) is 0 Å². The molecule has 5 atom stereocenters. The number of halogens is 2. The number of rotatable bonds is 4. The maximum absolute atomic E-state index is 12.7. The zero-order valence-corrected chi connectivity index (χ0v) is 18.4. The monoisotopic (exact) mass is 427 g/mol. The summed E-state index contributed by atoms with van der Waals surface area (Å²) in [5.74, 6) is 0.972. The smallest absolute Gasteiger partial charge is 0.237 e. The Morgan fingerprint density at radius 3 is 2.57 bits per heavy atom. The lowest BCUT2D eigenvalue weighted by molar-refractivity contribution is -0.124. The van der Waals surface area contributed by atoms with Crippen LogP contribution in [0, 0.1) is 5.92 Å². The van der Waals surface area contributed by atoms with Crippen molar-refractivity contribution in [2.24, 2.45) is 5.92 Å². The molecular formula is C22H35Cl2N3O. The summed E-state index contributed by atoms with van der Waals surface area (Å²) in [7, 11) is 0. The molecule has 2 heterocycles. The summed E-state index contributed by atoms with van der Waals surface area (Å²) in [5, 5.41) is 6.97. The SMILES string of the molecule is CC1CC(NC(=O)C2CC3CCCCC3N2)CCN1Cc1ccccc1.Cl.Cl. The zero-order valence-electron chi connectivity index (χ0n) is 16.8. The van der Waals surface area contributed by atoms with Crippen LogP contribution in [0.3, 0.4) is 0 Å².